The zero-order valence-corrected chi connectivity index (χ0v) is 18.6. The molecule has 0 unspecified atom stereocenters. The smallest absolute Gasteiger partial charge is 0.319 e. The fourth-order valence-electron chi connectivity index (χ4n) is 3.51. The Morgan fingerprint density at radius 1 is 1.06 bits per heavy atom. The highest BCUT2D eigenvalue weighted by molar-refractivity contribution is 6.30. The predicted molar refractivity (Wildman–Crippen MR) is 127 cm³/mol. The molecule has 1 aliphatic heterocycles. The summed E-state index contributed by atoms with van der Waals surface area (Å²) < 4.78 is 5.88. The van der Waals surface area contributed by atoms with Crippen LogP contribution in [0.2, 0.25) is 5.02 Å². The molecule has 0 fully saturated rings. The highest BCUT2D eigenvalue weighted by atomic mass is 35.5. The van der Waals surface area contributed by atoms with Crippen molar-refractivity contribution >= 4 is 34.9 Å². The monoisotopic (exact) mass is 478 g/mol. The molecule has 0 bridgehead atoms. The summed E-state index contributed by atoms with van der Waals surface area (Å²) in [5, 5.41) is 19.6. The first kappa shape index (κ1) is 22.8. The van der Waals surface area contributed by atoms with Crippen LogP contribution in [0, 0.1) is 10.1 Å². The number of benzene rings is 3. The van der Waals surface area contributed by atoms with Gasteiger partial charge in [0.25, 0.3) is 11.6 Å². The number of non-ortho nitro benzene ring substituents is 1. The van der Waals surface area contributed by atoms with Crippen LogP contribution in [0.4, 0.5) is 16.2 Å². The summed E-state index contributed by atoms with van der Waals surface area (Å²) in [6.07, 6.45) is 0. The molecular weight excluding hydrogens is 460 g/mol. The first-order valence-corrected chi connectivity index (χ1v) is 10.6. The molecule has 3 N–H and O–H groups in total. The molecule has 1 aliphatic rings. The van der Waals surface area contributed by atoms with Gasteiger partial charge in [0, 0.05) is 28.5 Å². The number of nitrogens with one attached hydrogen (secondary N) is 3. The number of carbonyl (C=O) groups excluding carboxylic acids is 2. The molecule has 0 radical (unpaired) electrons. The van der Waals surface area contributed by atoms with Gasteiger partial charge in [0.1, 0.15) is 11.5 Å². The number of nitro benzene ring substituents is 1. The van der Waals surface area contributed by atoms with Crippen molar-refractivity contribution in [2.75, 3.05) is 5.32 Å². The van der Waals surface area contributed by atoms with Crippen molar-refractivity contribution in [2.45, 2.75) is 13.0 Å². The Hall–Kier alpha value is -4.37. The van der Waals surface area contributed by atoms with E-state index in [-0.39, 0.29) is 5.69 Å². The van der Waals surface area contributed by atoms with Crippen LogP contribution in [0.15, 0.2) is 84.1 Å². The Kier molecular flexibility index (Phi) is 6.46. The summed E-state index contributed by atoms with van der Waals surface area (Å²) in [6.45, 7) is 1.63. The Labute approximate surface area is 199 Å². The van der Waals surface area contributed by atoms with E-state index in [0.717, 1.165) is 0 Å². The third-order valence-corrected chi connectivity index (χ3v) is 5.34. The maximum absolute atomic E-state index is 13.2. The summed E-state index contributed by atoms with van der Waals surface area (Å²) in [4.78, 5) is 35.7. The van der Waals surface area contributed by atoms with Crippen LogP contribution in [0.25, 0.3) is 0 Å². The maximum atomic E-state index is 13.2. The van der Waals surface area contributed by atoms with Gasteiger partial charge in [-0.15, -0.1) is 0 Å². The van der Waals surface area contributed by atoms with Gasteiger partial charge in [-0.3, -0.25) is 14.9 Å². The first-order chi connectivity index (χ1) is 16.3. The molecule has 9 nitrogen and oxygen atoms in total. The zero-order valence-electron chi connectivity index (χ0n) is 17.9. The second kappa shape index (κ2) is 9.63. The minimum Gasteiger partial charge on any atom is -0.457 e. The Morgan fingerprint density at radius 3 is 2.44 bits per heavy atom. The lowest BCUT2D eigenvalue weighted by Crippen LogP contribution is -2.45. The number of halogens is 1. The lowest BCUT2D eigenvalue weighted by atomic mass is 9.94. The van der Waals surface area contributed by atoms with Gasteiger partial charge in [0.05, 0.1) is 16.5 Å². The van der Waals surface area contributed by atoms with Crippen molar-refractivity contribution in [1.82, 2.24) is 10.6 Å². The van der Waals surface area contributed by atoms with Gasteiger partial charge in [0.2, 0.25) is 0 Å². The number of ether oxygens (including phenoxy) is 1. The topological polar surface area (TPSA) is 123 Å². The number of carbonyl (C=O) groups is 2. The van der Waals surface area contributed by atoms with E-state index in [4.69, 9.17) is 16.3 Å². The summed E-state index contributed by atoms with van der Waals surface area (Å²) in [5.41, 5.74) is 1.61. The average molecular weight is 479 g/mol. The third kappa shape index (κ3) is 5.16. The van der Waals surface area contributed by atoms with Crippen molar-refractivity contribution in [1.29, 1.82) is 0 Å². The van der Waals surface area contributed by atoms with Gasteiger partial charge in [-0.05, 0) is 61.0 Å². The average Bonchev–Trinajstić information content (AvgIpc) is 2.80. The molecule has 0 aliphatic carbocycles. The summed E-state index contributed by atoms with van der Waals surface area (Å²) in [5.74, 6) is 0.631. The number of hydrogen-bond acceptors (Lipinski definition) is 5. The first-order valence-electron chi connectivity index (χ1n) is 10.2. The van der Waals surface area contributed by atoms with E-state index in [1.807, 2.05) is 0 Å². The molecule has 172 valence electrons. The van der Waals surface area contributed by atoms with Crippen LogP contribution in [-0.4, -0.2) is 16.9 Å². The molecule has 3 aromatic rings. The quantitative estimate of drug-likeness (QED) is 0.327. The van der Waals surface area contributed by atoms with E-state index in [1.165, 1.54) is 24.3 Å². The molecule has 3 amide bonds. The number of rotatable bonds is 6. The van der Waals surface area contributed by atoms with E-state index in [0.29, 0.717) is 39.0 Å². The Morgan fingerprint density at radius 2 is 1.76 bits per heavy atom. The number of hydrogen-bond donors (Lipinski definition) is 3. The second-order valence-electron chi connectivity index (χ2n) is 7.46. The number of urea groups is 1. The van der Waals surface area contributed by atoms with Gasteiger partial charge < -0.3 is 20.7 Å². The van der Waals surface area contributed by atoms with E-state index in [2.05, 4.69) is 16.0 Å². The largest absolute Gasteiger partial charge is 0.457 e. The molecule has 0 saturated carbocycles. The van der Waals surface area contributed by atoms with Gasteiger partial charge in [0.15, 0.2) is 0 Å². The maximum Gasteiger partial charge on any atom is 0.319 e. The molecule has 0 saturated heterocycles. The van der Waals surface area contributed by atoms with Gasteiger partial charge >= 0.3 is 6.03 Å². The molecule has 10 heteroatoms. The number of nitro groups is 1. The predicted octanol–water partition coefficient (Wildman–Crippen LogP) is 5.31. The minimum absolute atomic E-state index is 0.0876. The van der Waals surface area contributed by atoms with E-state index in [9.17, 15) is 19.7 Å². The summed E-state index contributed by atoms with van der Waals surface area (Å²) in [7, 11) is 0. The van der Waals surface area contributed by atoms with Crippen LogP contribution in [-0.2, 0) is 4.79 Å². The number of nitrogens with zero attached hydrogens (tertiary/aromatic N) is 1. The van der Waals surface area contributed by atoms with Gasteiger partial charge in [-0.1, -0.05) is 23.7 Å². The highest BCUT2D eigenvalue weighted by Crippen LogP contribution is 2.31. The molecule has 1 heterocycles. The summed E-state index contributed by atoms with van der Waals surface area (Å²) >= 11 is 5.92. The molecule has 4 rings (SSSR count). The van der Waals surface area contributed by atoms with Crippen molar-refractivity contribution in [3.8, 4) is 11.5 Å². The van der Waals surface area contributed by atoms with Gasteiger partial charge in [-0.25, -0.2) is 4.79 Å². The van der Waals surface area contributed by atoms with Crippen LogP contribution in [0.1, 0.15) is 18.5 Å². The van der Waals surface area contributed by atoms with E-state index < -0.39 is 22.9 Å². The number of allylic oxidation sites excluding steroid dienone is 1. The summed E-state index contributed by atoms with van der Waals surface area (Å²) in [6, 6.07) is 18.2. The molecule has 0 spiro atoms. The van der Waals surface area contributed by atoms with E-state index in [1.54, 1.807) is 55.5 Å². The van der Waals surface area contributed by atoms with Gasteiger partial charge in [-0.2, -0.15) is 0 Å². The van der Waals surface area contributed by atoms with Crippen molar-refractivity contribution in [3.63, 3.8) is 0 Å². The fourth-order valence-corrected chi connectivity index (χ4v) is 3.63. The van der Waals surface area contributed by atoms with Crippen LogP contribution in [0.3, 0.4) is 0 Å². The normalized spacial score (nSPS) is 15.2. The second-order valence-corrected chi connectivity index (χ2v) is 7.89. The Bertz CT molecular complexity index is 1290. The molecule has 3 aromatic carbocycles. The zero-order chi connectivity index (χ0) is 24.2. The molecule has 1 atom stereocenters. The third-order valence-electron chi connectivity index (χ3n) is 5.09. The van der Waals surface area contributed by atoms with Crippen molar-refractivity contribution in [3.05, 3.63) is 105 Å². The standard InChI is InChI=1S/C24H19ClN4O5/c1-14-21(23(30)27-17-7-9-18(10-8-17)29(32)33)22(28-24(31)26-14)15-3-2-4-20(13-15)34-19-11-5-16(25)6-12-19/h2-13,22H,1H3,(H,27,30)(H2,26,28,31)/t22-/m0/s1. The Balaban J connectivity index is 1.60. The lowest BCUT2D eigenvalue weighted by Gasteiger charge is -2.29. The van der Waals surface area contributed by atoms with Crippen LogP contribution >= 0.6 is 11.6 Å². The minimum atomic E-state index is -0.749. The van der Waals surface area contributed by atoms with E-state index >= 15 is 0 Å². The molecular formula is C24H19ClN4O5. The SMILES string of the molecule is CC1=C(C(=O)Nc2ccc([N+](=O)[O-])cc2)[C@H](c2cccc(Oc3ccc(Cl)cc3)c2)NC(=O)N1. The molecule has 0 aromatic heterocycles. The number of anilines is 1. The number of amides is 3. The van der Waals surface area contributed by atoms with Crippen molar-refractivity contribution < 1.29 is 19.2 Å². The fraction of sp³-hybridized carbons (Fsp3) is 0.0833. The van der Waals surface area contributed by atoms with Crippen molar-refractivity contribution in [2.24, 2.45) is 0 Å². The molecule has 34 heavy (non-hydrogen) atoms. The highest BCUT2D eigenvalue weighted by Gasteiger charge is 2.31. The van der Waals surface area contributed by atoms with Crippen LogP contribution in [0.5, 0.6) is 11.5 Å². The lowest BCUT2D eigenvalue weighted by molar-refractivity contribution is -0.384. The van der Waals surface area contributed by atoms with Crippen LogP contribution < -0.4 is 20.7 Å².